The lowest BCUT2D eigenvalue weighted by atomic mass is 10.2. The Hall–Kier alpha value is -0.570. The van der Waals surface area contributed by atoms with E-state index in [2.05, 4.69) is 16.3 Å². The zero-order valence-electron chi connectivity index (χ0n) is 10.3. The molecule has 1 N–H and O–H groups in total. The van der Waals surface area contributed by atoms with E-state index in [1.807, 2.05) is 18.2 Å². The molecule has 1 aliphatic rings. The number of hydrogen-bond acceptors (Lipinski definition) is 2. The first-order chi connectivity index (χ1) is 8.34. The molecular weight excluding hydrogens is 232 g/mol. The van der Waals surface area contributed by atoms with Crippen LogP contribution in [0.15, 0.2) is 24.3 Å². The number of nitrogens with zero attached hydrogens (tertiary/aromatic N) is 1. The first-order valence-electron chi connectivity index (χ1n) is 6.52. The van der Waals surface area contributed by atoms with Gasteiger partial charge in [0, 0.05) is 11.6 Å². The fourth-order valence-electron chi connectivity index (χ4n) is 2.31. The van der Waals surface area contributed by atoms with Gasteiger partial charge >= 0.3 is 0 Å². The third kappa shape index (κ3) is 4.66. The van der Waals surface area contributed by atoms with Gasteiger partial charge in [-0.1, -0.05) is 23.7 Å². The van der Waals surface area contributed by atoms with E-state index in [1.165, 1.54) is 44.5 Å². The standard InChI is InChI=1S/C14H21ClN2/c15-14-6-3-5-13(11-14)12-16-7-4-10-17-8-1-2-9-17/h3,5-6,11,16H,1-2,4,7-10,12H2. The number of halogens is 1. The number of likely N-dealkylation sites (tertiary alicyclic amines) is 1. The second-order valence-corrected chi connectivity index (χ2v) is 5.15. The molecule has 0 aromatic heterocycles. The van der Waals surface area contributed by atoms with E-state index in [0.29, 0.717) is 0 Å². The van der Waals surface area contributed by atoms with Gasteiger partial charge in [-0.05, 0) is 63.1 Å². The van der Waals surface area contributed by atoms with Gasteiger partial charge in [0.25, 0.3) is 0 Å². The Bertz CT molecular complexity index is 335. The fourth-order valence-corrected chi connectivity index (χ4v) is 2.53. The second-order valence-electron chi connectivity index (χ2n) is 4.71. The summed E-state index contributed by atoms with van der Waals surface area (Å²) in [7, 11) is 0. The highest BCUT2D eigenvalue weighted by atomic mass is 35.5. The van der Waals surface area contributed by atoms with E-state index < -0.39 is 0 Å². The Kier molecular flexibility index (Phi) is 5.30. The summed E-state index contributed by atoms with van der Waals surface area (Å²) in [6.45, 7) is 5.84. The quantitative estimate of drug-likeness (QED) is 0.784. The summed E-state index contributed by atoms with van der Waals surface area (Å²) in [5, 5.41) is 4.29. The van der Waals surface area contributed by atoms with Crippen molar-refractivity contribution in [3.05, 3.63) is 34.9 Å². The molecule has 3 heteroatoms. The maximum absolute atomic E-state index is 5.94. The van der Waals surface area contributed by atoms with Crippen LogP contribution in [0.3, 0.4) is 0 Å². The van der Waals surface area contributed by atoms with Gasteiger partial charge in [0.05, 0.1) is 0 Å². The molecule has 1 heterocycles. The third-order valence-corrected chi connectivity index (χ3v) is 3.48. The summed E-state index contributed by atoms with van der Waals surface area (Å²) < 4.78 is 0. The van der Waals surface area contributed by atoms with E-state index in [1.54, 1.807) is 0 Å². The van der Waals surface area contributed by atoms with Crippen molar-refractivity contribution in [1.29, 1.82) is 0 Å². The first kappa shape index (κ1) is 12.9. The molecule has 2 rings (SSSR count). The Morgan fingerprint density at radius 3 is 2.82 bits per heavy atom. The molecule has 1 aliphatic heterocycles. The van der Waals surface area contributed by atoms with Gasteiger partial charge in [-0.2, -0.15) is 0 Å². The van der Waals surface area contributed by atoms with Gasteiger partial charge < -0.3 is 10.2 Å². The third-order valence-electron chi connectivity index (χ3n) is 3.24. The molecule has 0 amide bonds. The van der Waals surface area contributed by atoms with E-state index in [-0.39, 0.29) is 0 Å². The van der Waals surface area contributed by atoms with Crippen LogP contribution in [0.2, 0.25) is 5.02 Å². The predicted molar refractivity (Wildman–Crippen MR) is 73.4 cm³/mol. The zero-order valence-corrected chi connectivity index (χ0v) is 11.0. The molecule has 1 saturated heterocycles. The van der Waals surface area contributed by atoms with Crippen LogP contribution in [0.1, 0.15) is 24.8 Å². The molecule has 0 saturated carbocycles. The molecule has 0 bridgehead atoms. The summed E-state index contributed by atoms with van der Waals surface area (Å²) >= 11 is 5.94. The van der Waals surface area contributed by atoms with Crippen molar-refractivity contribution in [2.75, 3.05) is 26.2 Å². The highest BCUT2D eigenvalue weighted by molar-refractivity contribution is 6.30. The molecule has 1 aromatic carbocycles. The van der Waals surface area contributed by atoms with E-state index in [4.69, 9.17) is 11.6 Å². The smallest absolute Gasteiger partial charge is 0.0409 e. The van der Waals surface area contributed by atoms with Crippen molar-refractivity contribution < 1.29 is 0 Å². The van der Waals surface area contributed by atoms with Gasteiger partial charge in [0.1, 0.15) is 0 Å². The number of benzene rings is 1. The normalized spacial score (nSPS) is 16.5. The van der Waals surface area contributed by atoms with Gasteiger partial charge in [-0.25, -0.2) is 0 Å². The van der Waals surface area contributed by atoms with Gasteiger partial charge in [-0.15, -0.1) is 0 Å². The van der Waals surface area contributed by atoms with Gasteiger partial charge in [0.2, 0.25) is 0 Å². The van der Waals surface area contributed by atoms with Crippen molar-refractivity contribution in [1.82, 2.24) is 10.2 Å². The summed E-state index contributed by atoms with van der Waals surface area (Å²) in [6, 6.07) is 8.05. The van der Waals surface area contributed by atoms with E-state index in [9.17, 15) is 0 Å². The summed E-state index contributed by atoms with van der Waals surface area (Å²) in [4.78, 5) is 2.56. The van der Waals surface area contributed by atoms with Gasteiger partial charge in [-0.3, -0.25) is 0 Å². The van der Waals surface area contributed by atoms with Crippen molar-refractivity contribution in [3.8, 4) is 0 Å². The molecule has 2 nitrogen and oxygen atoms in total. The number of hydrogen-bond donors (Lipinski definition) is 1. The maximum atomic E-state index is 5.94. The van der Waals surface area contributed by atoms with Gasteiger partial charge in [0.15, 0.2) is 0 Å². The lowest BCUT2D eigenvalue weighted by molar-refractivity contribution is 0.331. The molecule has 94 valence electrons. The molecule has 17 heavy (non-hydrogen) atoms. The van der Waals surface area contributed by atoms with Crippen LogP contribution in [0.25, 0.3) is 0 Å². The Morgan fingerprint density at radius 2 is 2.06 bits per heavy atom. The molecule has 0 unspecified atom stereocenters. The lowest BCUT2D eigenvalue weighted by Crippen LogP contribution is -2.24. The minimum absolute atomic E-state index is 0.821. The maximum Gasteiger partial charge on any atom is 0.0409 e. The molecule has 1 aromatic rings. The zero-order chi connectivity index (χ0) is 11.9. The average molecular weight is 253 g/mol. The van der Waals surface area contributed by atoms with Crippen LogP contribution in [0.5, 0.6) is 0 Å². The van der Waals surface area contributed by atoms with Crippen LogP contribution in [0, 0.1) is 0 Å². The minimum atomic E-state index is 0.821. The van der Waals surface area contributed by atoms with Crippen molar-refractivity contribution >= 4 is 11.6 Å². The number of rotatable bonds is 6. The molecule has 0 atom stereocenters. The minimum Gasteiger partial charge on any atom is -0.313 e. The molecule has 0 radical (unpaired) electrons. The first-order valence-corrected chi connectivity index (χ1v) is 6.90. The molecule has 1 fully saturated rings. The molecule has 0 aliphatic carbocycles. The molecular formula is C14H21ClN2. The second kappa shape index (κ2) is 7.00. The largest absolute Gasteiger partial charge is 0.313 e. The molecule has 0 spiro atoms. The predicted octanol–water partition coefficient (Wildman–Crippen LogP) is 2.92. The van der Waals surface area contributed by atoms with Crippen LogP contribution in [-0.4, -0.2) is 31.1 Å². The summed E-state index contributed by atoms with van der Waals surface area (Å²) in [5.41, 5.74) is 1.26. The monoisotopic (exact) mass is 252 g/mol. The number of nitrogens with one attached hydrogen (secondary N) is 1. The Morgan fingerprint density at radius 1 is 1.24 bits per heavy atom. The van der Waals surface area contributed by atoms with Crippen LogP contribution >= 0.6 is 11.6 Å². The topological polar surface area (TPSA) is 15.3 Å². The highest BCUT2D eigenvalue weighted by Gasteiger charge is 2.09. The van der Waals surface area contributed by atoms with Crippen molar-refractivity contribution in [2.45, 2.75) is 25.8 Å². The van der Waals surface area contributed by atoms with Crippen molar-refractivity contribution in [3.63, 3.8) is 0 Å². The van der Waals surface area contributed by atoms with Crippen LogP contribution in [-0.2, 0) is 6.54 Å². The SMILES string of the molecule is Clc1cccc(CNCCCN2CCCC2)c1. The fraction of sp³-hybridized carbons (Fsp3) is 0.571. The highest BCUT2D eigenvalue weighted by Crippen LogP contribution is 2.10. The van der Waals surface area contributed by atoms with E-state index >= 15 is 0 Å². The summed E-state index contributed by atoms with van der Waals surface area (Å²) in [6.07, 6.45) is 4.01. The summed E-state index contributed by atoms with van der Waals surface area (Å²) in [5.74, 6) is 0. The Labute approximate surface area is 109 Å². The van der Waals surface area contributed by atoms with Crippen LogP contribution < -0.4 is 5.32 Å². The van der Waals surface area contributed by atoms with Crippen molar-refractivity contribution in [2.24, 2.45) is 0 Å². The van der Waals surface area contributed by atoms with Crippen LogP contribution in [0.4, 0.5) is 0 Å². The van der Waals surface area contributed by atoms with E-state index in [0.717, 1.165) is 18.1 Å². The lowest BCUT2D eigenvalue weighted by Gasteiger charge is -2.14. The average Bonchev–Trinajstić information content (AvgIpc) is 2.82. The Balaban J connectivity index is 1.56.